The van der Waals surface area contributed by atoms with Crippen molar-refractivity contribution in [2.45, 2.75) is 30.8 Å². The zero-order valence-electron chi connectivity index (χ0n) is 15.4. The Kier molecular flexibility index (Phi) is 3.86. The SMILES string of the molecule is COc1ccc2c(c1)OCC21C(=O)N(CC2CCCCO2)c2ccccc21. The van der Waals surface area contributed by atoms with Gasteiger partial charge in [-0.15, -0.1) is 0 Å². The van der Waals surface area contributed by atoms with Crippen LogP contribution in [-0.4, -0.2) is 38.9 Å². The summed E-state index contributed by atoms with van der Waals surface area (Å²) in [7, 11) is 1.63. The fraction of sp³-hybridized carbons (Fsp3) is 0.409. The lowest BCUT2D eigenvalue weighted by Gasteiger charge is -2.29. The molecule has 3 heterocycles. The van der Waals surface area contributed by atoms with E-state index in [1.807, 2.05) is 41.3 Å². The van der Waals surface area contributed by atoms with E-state index >= 15 is 0 Å². The number of fused-ring (bicyclic) bond motifs is 4. The Morgan fingerprint density at radius 2 is 2.07 bits per heavy atom. The molecular formula is C22H23NO4. The molecule has 5 heteroatoms. The van der Waals surface area contributed by atoms with Crippen LogP contribution in [0.1, 0.15) is 30.4 Å². The van der Waals surface area contributed by atoms with Crippen molar-refractivity contribution < 1.29 is 19.0 Å². The van der Waals surface area contributed by atoms with Crippen molar-refractivity contribution in [3.8, 4) is 11.5 Å². The van der Waals surface area contributed by atoms with Crippen LogP contribution in [-0.2, 0) is 14.9 Å². The van der Waals surface area contributed by atoms with E-state index in [1.54, 1.807) is 7.11 Å². The van der Waals surface area contributed by atoms with E-state index in [1.165, 1.54) is 0 Å². The van der Waals surface area contributed by atoms with Crippen molar-refractivity contribution >= 4 is 11.6 Å². The van der Waals surface area contributed by atoms with Crippen LogP contribution in [0.4, 0.5) is 5.69 Å². The molecule has 2 atom stereocenters. The average Bonchev–Trinajstić information content (AvgIpc) is 3.21. The summed E-state index contributed by atoms with van der Waals surface area (Å²) in [6, 6.07) is 13.8. The predicted octanol–water partition coefficient (Wildman–Crippen LogP) is 3.29. The van der Waals surface area contributed by atoms with Crippen LogP contribution in [0, 0.1) is 0 Å². The molecule has 2 unspecified atom stereocenters. The third-order valence-electron chi connectivity index (χ3n) is 6.02. The van der Waals surface area contributed by atoms with Gasteiger partial charge in [-0.1, -0.05) is 24.3 Å². The van der Waals surface area contributed by atoms with Crippen molar-refractivity contribution in [1.29, 1.82) is 0 Å². The molecular weight excluding hydrogens is 342 g/mol. The van der Waals surface area contributed by atoms with Crippen molar-refractivity contribution in [2.75, 3.05) is 31.8 Å². The van der Waals surface area contributed by atoms with Gasteiger partial charge in [0.2, 0.25) is 5.91 Å². The lowest BCUT2D eigenvalue weighted by Crippen LogP contribution is -2.45. The highest BCUT2D eigenvalue weighted by molar-refractivity contribution is 6.11. The van der Waals surface area contributed by atoms with Gasteiger partial charge in [-0.25, -0.2) is 0 Å². The van der Waals surface area contributed by atoms with Gasteiger partial charge in [0.1, 0.15) is 23.5 Å². The van der Waals surface area contributed by atoms with Crippen molar-refractivity contribution in [3.05, 3.63) is 53.6 Å². The first-order valence-corrected chi connectivity index (χ1v) is 9.58. The Morgan fingerprint density at radius 3 is 2.89 bits per heavy atom. The van der Waals surface area contributed by atoms with Crippen LogP contribution >= 0.6 is 0 Å². The van der Waals surface area contributed by atoms with E-state index in [9.17, 15) is 4.79 Å². The quantitative estimate of drug-likeness (QED) is 0.837. The number of rotatable bonds is 3. The van der Waals surface area contributed by atoms with Crippen LogP contribution in [0.15, 0.2) is 42.5 Å². The molecule has 27 heavy (non-hydrogen) atoms. The summed E-state index contributed by atoms with van der Waals surface area (Å²) in [4.78, 5) is 15.6. The molecule has 5 rings (SSSR count). The largest absolute Gasteiger partial charge is 0.497 e. The van der Waals surface area contributed by atoms with E-state index in [0.29, 0.717) is 13.2 Å². The number of benzene rings is 2. The normalized spacial score (nSPS) is 26.0. The molecule has 0 bridgehead atoms. The molecule has 1 fully saturated rings. The fourth-order valence-corrected chi connectivity index (χ4v) is 4.63. The first-order valence-electron chi connectivity index (χ1n) is 9.58. The number of para-hydroxylation sites is 1. The lowest BCUT2D eigenvalue weighted by atomic mass is 9.77. The number of ether oxygens (including phenoxy) is 3. The number of amides is 1. The van der Waals surface area contributed by atoms with Gasteiger partial charge < -0.3 is 19.1 Å². The molecule has 1 saturated heterocycles. The Bertz CT molecular complexity index is 890. The molecule has 5 nitrogen and oxygen atoms in total. The molecule has 140 valence electrons. The van der Waals surface area contributed by atoms with Gasteiger partial charge in [0.05, 0.1) is 19.8 Å². The zero-order chi connectivity index (χ0) is 18.4. The topological polar surface area (TPSA) is 48.0 Å². The number of hydrogen-bond donors (Lipinski definition) is 0. The maximum atomic E-state index is 13.7. The summed E-state index contributed by atoms with van der Waals surface area (Å²) >= 11 is 0. The van der Waals surface area contributed by atoms with Gasteiger partial charge in [0, 0.05) is 23.9 Å². The Labute approximate surface area is 158 Å². The minimum absolute atomic E-state index is 0.0850. The summed E-state index contributed by atoms with van der Waals surface area (Å²) in [6.07, 6.45) is 3.37. The fourth-order valence-electron chi connectivity index (χ4n) is 4.63. The molecule has 2 aromatic carbocycles. The van der Waals surface area contributed by atoms with Crippen LogP contribution in [0.3, 0.4) is 0 Å². The number of anilines is 1. The highest BCUT2D eigenvalue weighted by atomic mass is 16.5. The van der Waals surface area contributed by atoms with Crippen molar-refractivity contribution in [2.24, 2.45) is 0 Å². The van der Waals surface area contributed by atoms with Crippen LogP contribution in [0.2, 0.25) is 0 Å². The molecule has 0 radical (unpaired) electrons. The molecule has 0 aliphatic carbocycles. The first kappa shape index (κ1) is 16.6. The number of hydrogen-bond acceptors (Lipinski definition) is 4. The van der Waals surface area contributed by atoms with Gasteiger partial charge in [-0.2, -0.15) is 0 Å². The number of methoxy groups -OCH3 is 1. The number of nitrogens with zero attached hydrogens (tertiary/aromatic N) is 1. The first-order chi connectivity index (χ1) is 13.2. The standard InChI is InChI=1S/C22H23NO4/c1-25-15-9-10-18-20(12-15)27-14-22(18)17-7-2-3-8-19(17)23(21(22)24)13-16-6-4-5-11-26-16/h2-3,7-10,12,16H,4-6,11,13-14H2,1H3. The van der Waals surface area contributed by atoms with Crippen LogP contribution < -0.4 is 14.4 Å². The minimum atomic E-state index is -0.771. The lowest BCUT2D eigenvalue weighted by molar-refractivity contribution is -0.122. The molecule has 3 aliphatic rings. The molecule has 1 amide bonds. The van der Waals surface area contributed by atoms with Gasteiger partial charge in [0.25, 0.3) is 0 Å². The van der Waals surface area contributed by atoms with E-state index in [4.69, 9.17) is 14.2 Å². The minimum Gasteiger partial charge on any atom is -0.497 e. The van der Waals surface area contributed by atoms with Crippen molar-refractivity contribution in [3.63, 3.8) is 0 Å². The van der Waals surface area contributed by atoms with Gasteiger partial charge in [0.15, 0.2) is 0 Å². The van der Waals surface area contributed by atoms with Crippen LogP contribution in [0.25, 0.3) is 0 Å². The Balaban J connectivity index is 1.58. The Morgan fingerprint density at radius 1 is 1.19 bits per heavy atom. The second kappa shape index (κ2) is 6.27. The monoisotopic (exact) mass is 365 g/mol. The summed E-state index contributed by atoms with van der Waals surface area (Å²) in [6.45, 7) is 1.71. The summed E-state index contributed by atoms with van der Waals surface area (Å²) in [5, 5.41) is 0. The molecule has 0 N–H and O–H groups in total. The van der Waals surface area contributed by atoms with Crippen molar-refractivity contribution in [1.82, 2.24) is 0 Å². The van der Waals surface area contributed by atoms with Crippen LogP contribution in [0.5, 0.6) is 11.5 Å². The van der Waals surface area contributed by atoms with E-state index in [0.717, 1.165) is 54.2 Å². The highest BCUT2D eigenvalue weighted by Gasteiger charge is 2.57. The van der Waals surface area contributed by atoms with Gasteiger partial charge in [-0.05, 0) is 37.0 Å². The maximum Gasteiger partial charge on any atom is 0.245 e. The molecule has 0 aromatic heterocycles. The summed E-state index contributed by atoms with van der Waals surface area (Å²) < 4.78 is 17.2. The predicted molar refractivity (Wildman–Crippen MR) is 102 cm³/mol. The molecule has 3 aliphatic heterocycles. The third-order valence-corrected chi connectivity index (χ3v) is 6.02. The van der Waals surface area contributed by atoms with Gasteiger partial charge >= 0.3 is 0 Å². The molecule has 0 saturated carbocycles. The second-order valence-corrected chi connectivity index (χ2v) is 7.48. The van der Waals surface area contributed by atoms with E-state index in [2.05, 4.69) is 6.07 Å². The highest BCUT2D eigenvalue weighted by Crippen LogP contribution is 2.52. The van der Waals surface area contributed by atoms with E-state index < -0.39 is 5.41 Å². The second-order valence-electron chi connectivity index (χ2n) is 7.48. The molecule has 1 spiro atoms. The zero-order valence-corrected chi connectivity index (χ0v) is 15.4. The number of carbonyl (C=O) groups is 1. The maximum absolute atomic E-state index is 13.7. The summed E-state index contributed by atoms with van der Waals surface area (Å²) in [5.41, 5.74) is 2.15. The average molecular weight is 365 g/mol. The molecule has 2 aromatic rings. The Hall–Kier alpha value is -2.53. The third kappa shape index (κ3) is 2.38. The summed E-state index contributed by atoms with van der Waals surface area (Å²) in [5.74, 6) is 1.55. The smallest absolute Gasteiger partial charge is 0.245 e. The van der Waals surface area contributed by atoms with E-state index in [-0.39, 0.29) is 12.0 Å². The van der Waals surface area contributed by atoms with Gasteiger partial charge in [-0.3, -0.25) is 4.79 Å². The number of carbonyl (C=O) groups excluding carboxylic acids is 1.